The molecule has 1 saturated heterocycles. The second kappa shape index (κ2) is 3.62. The molecule has 1 saturated carbocycles. The van der Waals surface area contributed by atoms with Gasteiger partial charge in [0.1, 0.15) is 7.05 Å². The molecule has 84 valence electrons. The zero-order valence-corrected chi connectivity index (χ0v) is 10.1. The number of piperidine rings is 1. The third-order valence-electron chi connectivity index (χ3n) is 3.88. The molecule has 0 bridgehead atoms. The monoisotopic (exact) mass is 215 g/mol. The van der Waals surface area contributed by atoms with Gasteiger partial charge in [-0.3, -0.25) is 0 Å². The maximum atomic E-state index is 2.45. The summed E-state index contributed by atoms with van der Waals surface area (Å²) in [5.74, 6) is 0.967. The predicted molar refractivity (Wildman–Crippen MR) is 66.7 cm³/mol. The Kier molecular flexibility index (Phi) is 2.23. The van der Waals surface area contributed by atoms with Crippen LogP contribution in [0.2, 0.25) is 0 Å². The van der Waals surface area contributed by atoms with Crippen molar-refractivity contribution in [3.63, 3.8) is 0 Å². The average molecular weight is 215 g/mol. The van der Waals surface area contributed by atoms with Crippen molar-refractivity contribution in [2.24, 2.45) is 5.92 Å². The first kappa shape index (κ1) is 9.88. The van der Waals surface area contributed by atoms with Crippen LogP contribution in [0.1, 0.15) is 12.8 Å². The smallest absolute Gasteiger partial charge is 0.168 e. The van der Waals surface area contributed by atoms with E-state index in [9.17, 15) is 0 Å². The average Bonchev–Trinajstić information content (AvgIpc) is 2.81. The predicted octanol–water partition coefficient (Wildman–Crippen LogP) is 1.80. The second-order valence-electron chi connectivity index (χ2n) is 5.20. The molecule has 2 heteroatoms. The molecular formula is C14H19N2+. The highest BCUT2D eigenvalue weighted by Crippen LogP contribution is 2.48. The Hall–Kier alpha value is -1.31. The van der Waals surface area contributed by atoms with Crippen LogP contribution < -0.4 is 0 Å². The normalized spacial score (nSPS) is 34.6. The van der Waals surface area contributed by atoms with Gasteiger partial charge < -0.3 is 4.90 Å². The van der Waals surface area contributed by atoms with Gasteiger partial charge in [-0.05, 0) is 24.8 Å². The first-order chi connectivity index (χ1) is 7.74. The molecule has 0 spiro atoms. The molecule has 2 fully saturated rings. The van der Waals surface area contributed by atoms with Crippen molar-refractivity contribution in [3.05, 3.63) is 35.6 Å². The molecule has 2 unspecified atom stereocenters. The maximum absolute atomic E-state index is 2.45. The Morgan fingerprint density at radius 2 is 2.38 bits per heavy atom. The zero-order valence-electron chi connectivity index (χ0n) is 10.1. The van der Waals surface area contributed by atoms with E-state index in [1.807, 2.05) is 0 Å². The fourth-order valence-electron chi connectivity index (χ4n) is 2.74. The highest BCUT2D eigenvalue weighted by molar-refractivity contribution is 5.70. The molecule has 0 amide bonds. The first-order valence-electron chi connectivity index (χ1n) is 6.08. The molecule has 0 aromatic heterocycles. The fraction of sp³-hybridized carbons (Fsp3) is 0.500. The fourth-order valence-corrected chi connectivity index (χ4v) is 2.74. The van der Waals surface area contributed by atoms with E-state index in [2.05, 4.69) is 54.1 Å². The van der Waals surface area contributed by atoms with Crippen molar-refractivity contribution >= 4 is 6.21 Å². The van der Waals surface area contributed by atoms with Crippen LogP contribution in [0.25, 0.3) is 0 Å². The molecule has 0 radical (unpaired) electrons. The van der Waals surface area contributed by atoms with Crippen LogP contribution in [0.5, 0.6) is 0 Å². The maximum Gasteiger partial charge on any atom is 0.168 e. The quantitative estimate of drug-likeness (QED) is 0.637. The minimum absolute atomic E-state index is 0.866. The summed E-state index contributed by atoms with van der Waals surface area (Å²) < 4.78 is 2.20. The van der Waals surface area contributed by atoms with Crippen LogP contribution in [0, 0.1) is 5.92 Å². The van der Waals surface area contributed by atoms with Gasteiger partial charge in [0.15, 0.2) is 12.8 Å². The lowest BCUT2D eigenvalue weighted by molar-refractivity contribution is -0.478. The number of nitrogens with zero attached hydrogens (tertiary/aromatic N) is 2. The van der Waals surface area contributed by atoms with Crippen molar-refractivity contribution in [1.82, 2.24) is 4.90 Å². The molecule has 0 aromatic carbocycles. The molecule has 1 aliphatic carbocycles. The summed E-state index contributed by atoms with van der Waals surface area (Å²) in [6, 6.07) is 0.866. The van der Waals surface area contributed by atoms with Gasteiger partial charge in [-0.25, -0.2) is 4.58 Å². The number of fused-ring (bicyclic) bond motifs is 1. The van der Waals surface area contributed by atoms with Crippen LogP contribution in [-0.2, 0) is 0 Å². The number of rotatable bonds is 2. The van der Waals surface area contributed by atoms with Crippen LogP contribution in [0.15, 0.2) is 35.6 Å². The number of allylic oxidation sites excluding steroid dienone is 4. The molecule has 0 aromatic rings. The minimum atomic E-state index is 0.866. The zero-order chi connectivity index (χ0) is 11.1. The lowest BCUT2D eigenvalue weighted by Crippen LogP contribution is -2.14. The van der Waals surface area contributed by atoms with Gasteiger partial charge in [-0.15, -0.1) is 0 Å². The Morgan fingerprint density at radius 1 is 1.50 bits per heavy atom. The van der Waals surface area contributed by atoms with Crippen LogP contribution in [-0.4, -0.2) is 42.4 Å². The third-order valence-corrected chi connectivity index (χ3v) is 3.88. The van der Waals surface area contributed by atoms with Gasteiger partial charge in [0.25, 0.3) is 0 Å². The molecular weight excluding hydrogens is 196 g/mol. The molecule has 16 heavy (non-hydrogen) atoms. The number of hydrogen-bond acceptors (Lipinski definition) is 1. The number of likely N-dealkylation sites (N-methyl/N-ethyl adjacent to an activating group) is 1. The van der Waals surface area contributed by atoms with Gasteiger partial charge in [-0.1, -0.05) is 12.2 Å². The first-order valence-corrected chi connectivity index (χ1v) is 6.08. The highest BCUT2D eigenvalue weighted by Gasteiger charge is 2.47. The van der Waals surface area contributed by atoms with Crippen molar-refractivity contribution in [3.8, 4) is 0 Å². The van der Waals surface area contributed by atoms with Gasteiger partial charge >= 0.3 is 0 Å². The lowest BCUT2D eigenvalue weighted by Gasteiger charge is -2.15. The minimum Gasteiger partial charge on any atom is -0.375 e. The Morgan fingerprint density at radius 3 is 3.00 bits per heavy atom. The summed E-state index contributed by atoms with van der Waals surface area (Å²) in [4.78, 5) is 2.45. The Balaban J connectivity index is 1.60. The number of likely N-dealkylation sites (tertiary alicyclic amines) is 1. The summed E-state index contributed by atoms with van der Waals surface area (Å²) in [6.07, 6.45) is 13.7. The molecule has 3 aliphatic rings. The third kappa shape index (κ3) is 1.73. The highest BCUT2D eigenvalue weighted by atomic mass is 15.2. The summed E-state index contributed by atoms with van der Waals surface area (Å²) in [5.41, 5.74) is 2.90. The van der Waals surface area contributed by atoms with Crippen molar-refractivity contribution in [1.29, 1.82) is 0 Å². The molecule has 2 aliphatic heterocycles. The topological polar surface area (TPSA) is 6.25 Å². The van der Waals surface area contributed by atoms with Crippen LogP contribution in [0.4, 0.5) is 0 Å². The molecule has 2 nitrogen and oxygen atoms in total. The lowest BCUT2D eigenvalue weighted by atomic mass is 10.2. The van der Waals surface area contributed by atoms with Crippen molar-refractivity contribution in [2.45, 2.75) is 18.9 Å². The van der Waals surface area contributed by atoms with E-state index in [1.54, 1.807) is 0 Å². The molecule has 2 heterocycles. The summed E-state index contributed by atoms with van der Waals surface area (Å²) in [7, 11) is 4.34. The molecule has 2 atom stereocenters. The van der Waals surface area contributed by atoms with Gasteiger partial charge in [0.2, 0.25) is 0 Å². The van der Waals surface area contributed by atoms with E-state index in [0.717, 1.165) is 18.5 Å². The van der Waals surface area contributed by atoms with Gasteiger partial charge in [0, 0.05) is 30.4 Å². The van der Waals surface area contributed by atoms with E-state index < -0.39 is 0 Å². The van der Waals surface area contributed by atoms with Crippen molar-refractivity contribution < 1.29 is 4.58 Å². The summed E-state index contributed by atoms with van der Waals surface area (Å²) in [6.45, 7) is 1.04. The van der Waals surface area contributed by atoms with Gasteiger partial charge in [-0.2, -0.15) is 0 Å². The summed E-state index contributed by atoms with van der Waals surface area (Å²) in [5, 5.41) is 0. The Bertz CT molecular complexity index is 426. The summed E-state index contributed by atoms with van der Waals surface area (Å²) >= 11 is 0. The van der Waals surface area contributed by atoms with Crippen molar-refractivity contribution in [2.75, 3.05) is 20.6 Å². The van der Waals surface area contributed by atoms with Crippen LogP contribution in [0.3, 0.4) is 0 Å². The largest absolute Gasteiger partial charge is 0.375 e. The van der Waals surface area contributed by atoms with Gasteiger partial charge in [0.05, 0.1) is 0 Å². The second-order valence-corrected chi connectivity index (χ2v) is 5.20. The van der Waals surface area contributed by atoms with E-state index >= 15 is 0 Å². The Labute approximate surface area is 97.3 Å². The van der Waals surface area contributed by atoms with Crippen LogP contribution >= 0.6 is 0 Å². The molecule has 0 N–H and O–H groups in total. The molecule has 3 rings (SSSR count). The SMILES string of the molecule is CN1C(=CC=CC2=CC=[N+](C)C2)CC2CC21. The van der Waals surface area contributed by atoms with E-state index in [-0.39, 0.29) is 0 Å². The van der Waals surface area contributed by atoms with E-state index in [0.29, 0.717) is 0 Å². The number of hydrogen-bond donors (Lipinski definition) is 0. The standard InChI is InChI=1S/C14H19N2/c1-15-7-6-11(10-15)4-3-5-13-8-12-9-14(12)16(13)2/h3-7,12,14H,8-10H2,1-2H3/q+1. The van der Waals surface area contributed by atoms with E-state index in [1.165, 1.54) is 24.1 Å². The van der Waals surface area contributed by atoms with E-state index in [4.69, 9.17) is 0 Å².